The first-order chi connectivity index (χ1) is 13.1. The zero-order valence-electron chi connectivity index (χ0n) is 15.7. The van der Waals surface area contributed by atoms with Gasteiger partial charge in [-0.05, 0) is 32.0 Å². The number of nitrogens with zero attached hydrogens (tertiary/aromatic N) is 3. The van der Waals surface area contributed by atoms with Crippen LogP contribution in [0, 0.1) is 6.92 Å². The first kappa shape index (κ1) is 18.8. The molecule has 0 radical (unpaired) electrons. The van der Waals surface area contributed by atoms with Gasteiger partial charge in [-0.2, -0.15) is 0 Å². The fourth-order valence-electron chi connectivity index (χ4n) is 2.79. The van der Waals surface area contributed by atoms with Crippen LogP contribution in [0.3, 0.4) is 0 Å². The number of ether oxygens (including phenoxy) is 2. The van der Waals surface area contributed by atoms with Crippen LogP contribution in [-0.4, -0.2) is 36.9 Å². The number of carbonyl (C=O) groups excluding carboxylic acids is 1. The molecule has 0 aliphatic carbocycles. The van der Waals surface area contributed by atoms with Crippen molar-refractivity contribution >= 4 is 22.4 Å². The van der Waals surface area contributed by atoms with E-state index in [0.29, 0.717) is 28.7 Å². The van der Waals surface area contributed by atoms with Crippen molar-refractivity contribution in [3.05, 3.63) is 53.6 Å². The highest BCUT2D eigenvalue weighted by Crippen LogP contribution is 2.34. The van der Waals surface area contributed by atoms with E-state index in [-0.39, 0.29) is 5.91 Å². The third-order valence-electron chi connectivity index (χ3n) is 4.10. The van der Waals surface area contributed by atoms with Crippen LogP contribution < -0.4 is 14.4 Å². The molecule has 1 aromatic heterocycles. The predicted octanol–water partition coefficient (Wildman–Crippen LogP) is 4.20. The minimum Gasteiger partial charge on any atom is -0.493 e. The van der Waals surface area contributed by atoms with E-state index in [1.54, 1.807) is 30.2 Å². The molecule has 0 aliphatic rings. The lowest BCUT2D eigenvalue weighted by molar-refractivity contribution is 0.0984. The van der Waals surface area contributed by atoms with Gasteiger partial charge in [0.1, 0.15) is 5.01 Å². The molecule has 1 amide bonds. The molecule has 0 N–H and O–H groups in total. The topological polar surface area (TPSA) is 64.6 Å². The maximum atomic E-state index is 13.2. The molecule has 0 saturated heterocycles. The molecular weight excluding hydrogens is 362 g/mol. The molecule has 3 aromatic rings. The van der Waals surface area contributed by atoms with Gasteiger partial charge < -0.3 is 9.47 Å². The van der Waals surface area contributed by atoms with E-state index in [1.807, 2.05) is 38.1 Å². The average Bonchev–Trinajstić information content (AvgIpc) is 3.17. The minimum absolute atomic E-state index is 0.208. The number of methoxy groups -OCH3 is 2. The second kappa shape index (κ2) is 8.18. The monoisotopic (exact) mass is 383 g/mol. The molecule has 3 rings (SSSR count). The zero-order chi connectivity index (χ0) is 19.4. The van der Waals surface area contributed by atoms with Crippen molar-refractivity contribution in [2.75, 3.05) is 25.7 Å². The number of benzene rings is 2. The molecule has 1 heterocycles. The van der Waals surface area contributed by atoms with Gasteiger partial charge in [0.2, 0.25) is 5.13 Å². The molecule has 0 spiro atoms. The Morgan fingerprint density at radius 2 is 1.89 bits per heavy atom. The van der Waals surface area contributed by atoms with Gasteiger partial charge in [-0.15, -0.1) is 10.2 Å². The van der Waals surface area contributed by atoms with Crippen LogP contribution >= 0.6 is 11.3 Å². The Labute approximate surface area is 162 Å². The summed E-state index contributed by atoms with van der Waals surface area (Å²) in [7, 11) is 3.06. The number of aryl methyl sites for hydroxylation is 1. The van der Waals surface area contributed by atoms with E-state index in [2.05, 4.69) is 10.2 Å². The average molecular weight is 383 g/mol. The van der Waals surface area contributed by atoms with Crippen LogP contribution in [-0.2, 0) is 0 Å². The van der Waals surface area contributed by atoms with Crippen LogP contribution in [0.5, 0.6) is 11.5 Å². The largest absolute Gasteiger partial charge is 0.493 e. The summed E-state index contributed by atoms with van der Waals surface area (Å²) < 4.78 is 10.7. The van der Waals surface area contributed by atoms with Crippen LogP contribution in [0.2, 0.25) is 0 Å². The number of hydrogen-bond donors (Lipinski definition) is 0. The molecule has 0 saturated carbocycles. The summed E-state index contributed by atoms with van der Waals surface area (Å²) in [5, 5.41) is 9.83. The van der Waals surface area contributed by atoms with Crippen molar-refractivity contribution in [1.82, 2.24) is 10.2 Å². The van der Waals surface area contributed by atoms with Crippen molar-refractivity contribution in [2.24, 2.45) is 0 Å². The zero-order valence-corrected chi connectivity index (χ0v) is 16.5. The molecule has 7 heteroatoms. The van der Waals surface area contributed by atoms with E-state index in [1.165, 1.54) is 18.4 Å². The Morgan fingerprint density at radius 3 is 2.56 bits per heavy atom. The second-order valence-electron chi connectivity index (χ2n) is 5.85. The third-order valence-corrected chi connectivity index (χ3v) is 5.10. The quantitative estimate of drug-likeness (QED) is 0.638. The van der Waals surface area contributed by atoms with Crippen molar-refractivity contribution < 1.29 is 14.3 Å². The highest BCUT2D eigenvalue weighted by atomic mass is 32.1. The van der Waals surface area contributed by atoms with Crippen LogP contribution in [0.1, 0.15) is 22.8 Å². The minimum atomic E-state index is -0.208. The first-order valence-corrected chi connectivity index (χ1v) is 9.34. The van der Waals surface area contributed by atoms with Crippen molar-refractivity contribution in [3.63, 3.8) is 0 Å². The molecule has 0 unspecified atom stereocenters. The fraction of sp³-hybridized carbons (Fsp3) is 0.250. The number of para-hydroxylation sites is 1. The van der Waals surface area contributed by atoms with Gasteiger partial charge in [0.05, 0.1) is 19.8 Å². The van der Waals surface area contributed by atoms with Gasteiger partial charge >= 0.3 is 0 Å². The number of carbonyl (C=O) groups is 1. The summed E-state index contributed by atoms with van der Waals surface area (Å²) in [5.74, 6) is 0.712. The molecule has 0 aliphatic heterocycles. The Hall–Kier alpha value is -2.93. The Morgan fingerprint density at radius 1 is 1.11 bits per heavy atom. The van der Waals surface area contributed by atoms with Gasteiger partial charge in [0.15, 0.2) is 11.5 Å². The Balaban J connectivity index is 1.95. The summed E-state index contributed by atoms with van der Waals surface area (Å²) in [4.78, 5) is 14.7. The van der Waals surface area contributed by atoms with Crippen LogP contribution in [0.25, 0.3) is 10.6 Å². The van der Waals surface area contributed by atoms with E-state index in [0.717, 1.165) is 16.1 Å². The normalized spacial score (nSPS) is 10.5. The summed E-state index contributed by atoms with van der Waals surface area (Å²) >= 11 is 1.38. The van der Waals surface area contributed by atoms with Crippen LogP contribution in [0.15, 0.2) is 42.5 Å². The lowest BCUT2D eigenvalue weighted by atomic mass is 10.1. The number of aromatic nitrogens is 2. The van der Waals surface area contributed by atoms with E-state index in [9.17, 15) is 4.79 Å². The van der Waals surface area contributed by atoms with Gasteiger partial charge in [-0.1, -0.05) is 41.2 Å². The highest BCUT2D eigenvalue weighted by Gasteiger charge is 2.25. The Bertz CT molecular complexity index is 955. The van der Waals surface area contributed by atoms with E-state index in [4.69, 9.17) is 9.47 Å². The molecule has 2 aromatic carbocycles. The van der Waals surface area contributed by atoms with E-state index >= 15 is 0 Å². The standard InChI is InChI=1S/C20H21N3O3S/c1-5-23(19(24)15-10-7-11-16(25-3)17(15)26-4)20-22-21-18(27-20)14-9-6-8-13(2)12-14/h6-12H,5H2,1-4H3. The summed E-state index contributed by atoms with van der Waals surface area (Å²) in [6.45, 7) is 4.39. The molecule has 0 atom stereocenters. The number of anilines is 1. The molecule has 0 fully saturated rings. The number of hydrogen-bond acceptors (Lipinski definition) is 6. The Kier molecular flexibility index (Phi) is 5.71. The maximum absolute atomic E-state index is 13.2. The van der Waals surface area contributed by atoms with Crippen molar-refractivity contribution in [2.45, 2.75) is 13.8 Å². The smallest absolute Gasteiger partial charge is 0.264 e. The maximum Gasteiger partial charge on any atom is 0.264 e. The fourth-order valence-corrected chi connectivity index (χ4v) is 3.69. The van der Waals surface area contributed by atoms with Gasteiger partial charge in [-0.3, -0.25) is 9.69 Å². The van der Waals surface area contributed by atoms with Crippen molar-refractivity contribution in [3.8, 4) is 22.1 Å². The summed E-state index contributed by atoms with van der Waals surface area (Å²) in [6, 6.07) is 13.3. The van der Waals surface area contributed by atoms with Crippen molar-refractivity contribution in [1.29, 1.82) is 0 Å². The SMILES string of the molecule is CCN(C(=O)c1cccc(OC)c1OC)c1nnc(-c2cccc(C)c2)s1. The summed E-state index contributed by atoms with van der Waals surface area (Å²) in [5.41, 5.74) is 2.56. The lowest BCUT2D eigenvalue weighted by Gasteiger charge is -2.19. The third kappa shape index (κ3) is 3.78. The molecule has 0 bridgehead atoms. The summed E-state index contributed by atoms with van der Waals surface area (Å²) in [6.07, 6.45) is 0. The molecule has 27 heavy (non-hydrogen) atoms. The molecule has 6 nitrogen and oxygen atoms in total. The van der Waals surface area contributed by atoms with Crippen LogP contribution in [0.4, 0.5) is 5.13 Å². The van der Waals surface area contributed by atoms with E-state index < -0.39 is 0 Å². The number of amides is 1. The first-order valence-electron chi connectivity index (χ1n) is 8.52. The predicted molar refractivity (Wildman–Crippen MR) is 107 cm³/mol. The van der Waals surface area contributed by atoms with Gasteiger partial charge in [0.25, 0.3) is 5.91 Å². The molecule has 140 valence electrons. The second-order valence-corrected chi connectivity index (χ2v) is 6.81. The highest BCUT2D eigenvalue weighted by molar-refractivity contribution is 7.18. The van der Waals surface area contributed by atoms with Gasteiger partial charge in [0, 0.05) is 12.1 Å². The lowest BCUT2D eigenvalue weighted by Crippen LogP contribution is -2.31. The number of rotatable bonds is 6. The molecular formula is C20H21N3O3S. The van der Waals surface area contributed by atoms with Gasteiger partial charge in [-0.25, -0.2) is 0 Å².